The SMILES string of the molecule is C[C@H]1CCCCN1C(=O)CCNc1ncc([N+](=O)[O-])cc1Cl. The summed E-state index contributed by atoms with van der Waals surface area (Å²) >= 11 is 5.94. The summed E-state index contributed by atoms with van der Waals surface area (Å²) < 4.78 is 0. The number of hydrogen-bond donors (Lipinski definition) is 1. The van der Waals surface area contributed by atoms with Gasteiger partial charge in [0.05, 0.1) is 9.95 Å². The van der Waals surface area contributed by atoms with Crippen LogP contribution in [-0.4, -0.2) is 39.8 Å². The molecule has 1 aromatic heterocycles. The zero-order chi connectivity index (χ0) is 16.1. The average molecular weight is 327 g/mol. The Morgan fingerprint density at radius 3 is 3.00 bits per heavy atom. The molecule has 1 saturated heterocycles. The molecule has 1 aromatic rings. The molecule has 0 unspecified atom stereocenters. The molecule has 1 amide bonds. The van der Waals surface area contributed by atoms with Crippen LogP contribution in [0.15, 0.2) is 12.3 Å². The number of aromatic nitrogens is 1. The Morgan fingerprint density at radius 1 is 1.59 bits per heavy atom. The molecule has 1 aliphatic heterocycles. The van der Waals surface area contributed by atoms with E-state index in [0.29, 0.717) is 24.8 Å². The number of likely N-dealkylation sites (tertiary alicyclic amines) is 1. The molecule has 2 heterocycles. The van der Waals surface area contributed by atoms with Crippen molar-refractivity contribution in [2.45, 2.75) is 38.6 Å². The van der Waals surface area contributed by atoms with Crippen molar-refractivity contribution < 1.29 is 9.72 Å². The first-order valence-electron chi connectivity index (χ1n) is 7.32. The van der Waals surface area contributed by atoms with E-state index in [1.54, 1.807) is 0 Å². The van der Waals surface area contributed by atoms with Crippen LogP contribution in [-0.2, 0) is 4.79 Å². The van der Waals surface area contributed by atoms with Crippen LogP contribution in [0, 0.1) is 10.1 Å². The first-order valence-corrected chi connectivity index (χ1v) is 7.70. The second-order valence-corrected chi connectivity index (χ2v) is 5.80. The summed E-state index contributed by atoms with van der Waals surface area (Å²) in [5.74, 6) is 0.462. The van der Waals surface area contributed by atoms with Gasteiger partial charge in [0.2, 0.25) is 5.91 Å². The van der Waals surface area contributed by atoms with Gasteiger partial charge < -0.3 is 10.2 Å². The van der Waals surface area contributed by atoms with E-state index in [2.05, 4.69) is 17.2 Å². The van der Waals surface area contributed by atoms with Crippen molar-refractivity contribution >= 4 is 29.0 Å². The van der Waals surface area contributed by atoms with Gasteiger partial charge in [-0.25, -0.2) is 4.98 Å². The summed E-state index contributed by atoms with van der Waals surface area (Å²) in [7, 11) is 0. The number of amides is 1. The minimum atomic E-state index is -0.552. The highest BCUT2D eigenvalue weighted by Crippen LogP contribution is 2.24. The molecule has 7 nitrogen and oxygen atoms in total. The largest absolute Gasteiger partial charge is 0.368 e. The van der Waals surface area contributed by atoms with Gasteiger partial charge in [-0.1, -0.05) is 11.6 Å². The lowest BCUT2D eigenvalue weighted by molar-refractivity contribution is -0.385. The van der Waals surface area contributed by atoms with Crippen molar-refractivity contribution in [1.29, 1.82) is 0 Å². The lowest BCUT2D eigenvalue weighted by Gasteiger charge is -2.33. The molecule has 0 aromatic carbocycles. The van der Waals surface area contributed by atoms with Gasteiger partial charge in [-0.2, -0.15) is 0 Å². The van der Waals surface area contributed by atoms with Gasteiger partial charge >= 0.3 is 0 Å². The topological polar surface area (TPSA) is 88.4 Å². The molecule has 1 fully saturated rings. The maximum atomic E-state index is 12.2. The Kier molecular flexibility index (Phi) is 5.54. The van der Waals surface area contributed by atoms with Crippen LogP contribution >= 0.6 is 11.6 Å². The fourth-order valence-electron chi connectivity index (χ4n) is 2.56. The Morgan fingerprint density at radius 2 is 2.36 bits per heavy atom. The maximum absolute atomic E-state index is 12.2. The van der Waals surface area contributed by atoms with E-state index in [0.717, 1.165) is 25.6 Å². The quantitative estimate of drug-likeness (QED) is 0.664. The average Bonchev–Trinajstić information content (AvgIpc) is 2.49. The van der Waals surface area contributed by atoms with Crippen molar-refractivity contribution in [3.8, 4) is 0 Å². The van der Waals surface area contributed by atoms with E-state index in [1.165, 1.54) is 12.5 Å². The molecular formula is C14H19ClN4O3. The number of anilines is 1. The Balaban J connectivity index is 1.85. The van der Waals surface area contributed by atoms with Crippen LogP contribution in [0.3, 0.4) is 0 Å². The molecule has 2 rings (SSSR count). The van der Waals surface area contributed by atoms with E-state index in [4.69, 9.17) is 11.6 Å². The molecular weight excluding hydrogens is 308 g/mol. The maximum Gasteiger partial charge on any atom is 0.289 e. The number of nitro groups is 1. The minimum absolute atomic E-state index is 0.109. The zero-order valence-corrected chi connectivity index (χ0v) is 13.2. The molecule has 0 saturated carbocycles. The lowest BCUT2D eigenvalue weighted by atomic mass is 10.0. The number of pyridine rings is 1. The molecule has 1 N–H and O–H groups in total. The predicted octanol–water partition coefficient (Wildman–Crippen LogP) is 2.85. The van der Waals surface area contributed by atoms with Crippen molar-refractivity contribution in [2.75, 3.05) is 18.4 Å². The van der Waals surface area contributed by atoms with Crippen molar-refractivity contribution in [3.63, 3.8) is 0 Å². The summed E-state index contributed by atoms with van der Waals surface area (Å²) in [4.78, 5) is 28.1. The van der Waals surface area contributed by atoms with Gasteiger partial charge in [-0.3, -0.25) is 14.9 Å². The number of nitrogens with zero attached hydrogens (tertiary/aromatic N) is 3. The highest BCUT2D eigenvalue weighted by molar-refractivity contribution is 6.33. The third-order valence-electron chi connectivity index (χ3n) is 3.79. The number of rotatable bonds is 5. The molecule has 0 bridgehead atoms. The summed E-state index contributed by atoms with van der Waals surface area (Å²) in [6.45, 7) is 3.28. The Bertz CT molecular complexity index is 567. The first-order chi connectivity index (χ1) is 10.5. The number of carbonyl (C=O) groups is 1. The second kappa shape index (κ2) is 7.40. The summed E-state index contributed by atoms with van der Waals surface area (Å²) in [5, 5.41) is 13.7. The van der Waals surface area contributed by atoms with Gasteiger partial charge in [-0.15, -0.1) is 0 Å². The van der Waals surface area contributed by atoms with Crippen molar-refractivity contribution in [2.24, 2.45) is 0 Å². The summed E-state index contributed by atoms with van der Waals surface area (Å²) in [5.41, 5.74) is -0.159. The van der Waals surface area contributed by atoms with E-state index in [1.807, 2.05) is 4.90 Å². The molecule has 1 atom stereocenters. The molecule has 0 aliphatic carbocycles. The molecule has 22 heavy (non-hydrogen) atoms. The summed E-state index contributed by atoms with van der Waals surface area (Å²) in [6.07, 6.45) is 4.77. The van der Waals surface area contributed by atoms with Crippen LogP contribution in [0.25, 0.3) is 0 Å². The zero-order valence-electron chi connectivity index (χ0n) is 12.4. The summed E-state index contributed by atoms with van der Waals surface area (Å²) in [6, 6.07) is 1.54. The van der Waals surface area contributed by atoms with Gasteiger partial charge in [-0.05, 0) is 26.2 Å². The number of hydrogen-bond acceptors (Lipinski definition) is 5. The van der Waals surface area contributed by atoms with Gasteiger partial charge in [0.25, 0.3) is 5.69 Å². The van der Waals surface area contributed by atoms with E-state index in [9.17, 15) is 14.9 Å². The highest BCUT2D eigenvalue weighted by atomic mass is 35.5. The van der Waals surface area contributed by atoms with Crippen LogP contribution in [0.1, 0.15) is 32.6 Å². The first kappa shape index (κ1) is 16.5. The monoisotopic (exact) mass is 326 g/mol. The van der Waals surface area contributed by atoms with Gasteiger partial charge in [0.15, 0.2) is 0 Å². The molecule has 0 spiro atoms. The fraction of sp³-hybridized carbons (Fsp3) is 0.571. The molecule has 8 heteroatoms. The van der Waals surface area contributed by atoms with E-state index < -0.39 is 4.92 Å². The van der Waals surface area contributed by atoms with Crippen molar-refractivity contribution in [3.05, 3.63) is 27.4 Å². The minimum Gasteiger partial charge on any atom is -0.368 e. The number of carbonyl (C=O) groups excluding carboxylic acids is 1. The Labute approximate surface area is 133 Å². The predicted molar refractivity (Wildman–Crippen MR) is 84.0 cm³/mol. The lowest BCUT2D eigenvalue weighted by Crippen LogP contribution is -2.42. The van der Waals surface area contributed by atoms with Crippen molar-refractivity contribution in [1.82, 2.24) is 9.88 Å². The van der Waals surface area contributed by atoms with Crippen LogP contribution < -0.4 is 5.32 Å². The number of nitrogens with one attached hydrogen (secondary N) is 1. The molecule has 120 valence electrons. The van der Waals surface area contributed by atoms with Crippen LogP contribution in [0.5, 0.6) is 0 Å². The highest BCUT2D eigenvalue weighted by Gasteiger charge is 2.22. The van der Waals surface area contributed by atoms with Gasteiger partial charge in [0.1, 0.15) is 12.0 Å². The normalized spacial score (nSPS) is 18.1. The number of halogens is 1. The standard InChI is InChI=1S/C14H19ClN4O3/c1-10-4-2-3-7-18(10)13(20)5-6-16-14-12(15)8-11(9-17-14)19(21)22/h8-10H,2-7H2,1H3,(H,16,17)/t10-/m0/s1. The number of piperidine rings is 1. The third-order valence-corrected chi connectivity index (χ3v) is 4.08. The molecule has 0 radical (unpaired) electrons. The Hall–Kier alpha value is -1.89. The molecule has 1 aliphatic rings. The van der Waals surface area contributed by atoms with E-state index in [-0.39, 0.29) is 16.6 Å². The third kappa shape index (κ3) is 4.07. The van der Waals surface area contributed by atoms with Crippen LogP contribution in [0.2, 0.25) is 5.02 Å². The fourth-order valence-corrected chi connectivity index (χ4v) is 2.79. The van der Waals surface area contributed by atoms with E-state index >= 15 is 0 Å². The van der Waals surface area contributed by atoms with Gasteiger partial charge in [0, 0.05) is 31.6 Å². The van der Waals surface area contributed by atoms with Crippen LogP contribution in [0.4, 0.5) is 11.5 Å². The smallest absolute Gasteiger partial charge is 0.289 e. The second-order valence-electron chi connectivity index (χ2n) is 5.39.